The lowest BCUT2D eigenvalue weighted by molar-refractivity contribution is -0.144. The number of likely N-dealkylation sites (N-methyl/N-ethyl adjacent to an activating group) is 1. The number of esters is 1. The van der Waals surface area contributed by atoms with E-state index in [4.69, 9.17) is 9.47 Å². The summed E-state index contributed by atoms with van der Waals surface area (Å²) in [7, 11) is 1.64. The molecular weight excluding hydrogens is 450 g/mol. The number of ether oxygens (including phenoxy) is 2. The Labute approximate surface area is 207 Å². The Balaban J connectivity index is 2.06. The average molecular weight is 488 g/mol. The molecule has 0 aromatic heterocycles. The maximum Gasteiger partial charge on any atom is 0.407 e. The van der Waals surface area contributed by atoms with Crippen molar-refractivity contribution in [3.8, 4) is 0 Å². The molecule has 0 bridgehead atoms. The molecule has 0 spiro atoms. The second-order valence-corrected chi connectivity index (χ2v) is 9.49. The number of carbonyl (C=O) groups excluding carboxylic acids is 4. The standard InChI is InChI=1S/C26H37N3O6/c1-7-34-23(31)15-18(2)29-17-22(30)28(6)21-13-12-19(16-20(21)24(29)32)11-9-8-10-14-27-25(33)35-26(3,4)5/h9,11-13,16,18H,7-8,10,14-15,17H2,1-6H3,(H,27,33). The van der Waals surface area contributed by atoms with Crippen molar-refractivity contribution in [2.24, 2.45) is 0 Å². The number of alkyl carbamates (subject to hydrolysis) is 1. The van der Waals surface area contributed by atoms with Gasteiger partial charge in [0.25, 0.3) is 5.91 Å². The number of rotatable bonds is 9. The molecule has 0 saturated heterocycles. The third kappa shape index (κ3) is 8.42. The van der Waals surface area contributed by atoms with E-state index in [1.54, 1.807) is 33.0 Å². The highest BCUT2D eigenvalue weighted by atomic mass is 16.6. The molecule has 1 aromatic carbocycles. The largest absolute Gasteiger partial charge is 0.466 e. The minimum absolute atomic E-state index is 0.0167. The highest BCUT2D eigenvalue weighted by Gasteiger charge is 2.33. The zero-order valence-corrected chi connectivity index (χ0v) is 21.6. The first-order valence-corrected chi connectivity index (χ1v) is 11.9. The number of unbranched alkanes of at least 4 members (excludes halogenated alkanes) is 1. The van der Waals surface area contributed by atoms with Crippen LogP contribution < -0.4 is 10.2 Å². The zero-order chi connectivity index (χ0) is 26.2. The molecule has 0 radical (unpaired) electrons. The first-order valence-electron chi connectivity index (χ1n) is 11.9. The van der Waals surface area contributed by atoms with E-state index in [-0.39, 0.29) is 31.4 Å². The number of allylic oxidation sites excluding steroid dienone is 1. The van der Waals surface area contributed by atoms with Crippen molar-refractivity contribution < 1.29 is 28.7 Å². The third-order valence-electron chi connectivity index (χ3n) is 5.38. The Morgan fingerprint density at radius 1 is 1.23 bits per heavy atom. The van der Waals surface area contributed by atoms with Gasteiger partial charge in [-0.1, -0.05) is 18.2 Å². The number of hydrogen-bond donors (Lipinski definition) is 1. The van der Waals surface area contributed by atoms with Gasteiger partial charge in [0.15, 0.2) is 0 Å². The van der Waals surface area contributed by atoms with Gasteiger partial charge in [0.1, 0.15) is 12.1 Å². The van der Waals surface area contributed by atoms with E-state index < -0.39 is 23.7 Å². The third-order valence-corrected chi connectivity index (χ3v) is 5.38. The molecule has 1 unspecified atom stereocenters. The Morgan fingerprint density at radius 2 is 1.94 bits per heavy atom. The fourth-order valence-electron chi connectivity index (χ4n) is 3.61. The second kappa shape index (κ2) is 12.4. The molecule has 0 saturated carbocycles. The van der Waals surface area contributed by atoms with Gasteiger partial charge in [-0.15, -0.1) is 0 Å². The van der Waals surface area contributed by atoms with Gasteiger partial charge in [0.05, 0.1) is 24.3 Å². The van der Waals surface area contributed by atoms with E-state index in [0.717, 1.165) is 18.4 Å². The number of fused-ring (bicyclic) bond motifs is 1. The Morgan fingerprint density at radius 3 is 2.60 bits per heavy atom. The molecule has 1 N–H and O–H groups in total. The number of hydrogen-bond acceptors (Lipinski definition) is 6. The Kier molecular flexibility index (Phi) is 9.86. The molecule has 3 amide bonds. The summed E-state index contributed by atoms with van der Waals surface area (Å²) in [6.45, 7) is 9.54. The quantitative estimate of drug-likeness (QED) is 0.420. The topological polar surface area (TPSA) is 105 Å². The van der Waals surface area contributed by atoms with Crippen molar-refractivity contribution in [3.05, 3.63) is 35.4 Å². The van der Waals surface area contributed by atoms with Crippen LogP contribution in [0.3, 0.4) is 0 Å². The summed E-state index contributed by atoms with van der Waals surface area (Å²) in [6.07, 6.45) is 4.91. The van der Waals surface area contributed by atoms with E-state index in [2.05, 4.69) is 5.32 Å². The summed E-state index contributed by atoms with van der Waals surface area (Å²) in [4.78, 5) is 52.6. The van der Waals surface area contributed by atoms with Crippen LogP contribution >= 0.6 is 0 Å². The van der Waals surface area contributed by atoms with Crippen LogP contribution in [-0.2, 0) is 19.1 Å². The molecule has 1 aliphatic heterocycles. The van der Waals surface area contributed by atoms with Gasteiger partial charge in [-0.3, -0.25) is 14.4 Å². The molecule has 192 valence electrons. The highest BCUT2D eigenvalue weighted by Crippen LogP contribution is 2.28. The lowest BCUT2D eigenvalue weighted by atomic mass is 10.0. The van der Waals surface area contributed by atoms with Crippen LogP contribution in [0.2, 0.25) is 0 Å². The fraction of sp³-hybridized carbons (Fsp3) is 0.538. The maximum absolute atomic E-state index is 13.4. The van der Waals surface area contributed by atoms with Crippen LogP contribution in [0.4, 0.5) is 10.5 Å². The molecule has 0 aliphatic carbocycles. The van der Waals surface area contributed by atoms with E-state index >= 15 is 0 Å². The smallest absolute Gasteiger partial charge is 0.407 e. The van der Waals surface area contributed by atoms with Gasteiger partial charge in [-0.05, 0) is 65.2 Å². The second-order valence-electron chi connectivity index (χ2n) is 9.49. The first-order chi connectivity index (χ1) is 16.4. The lowest BCUT2D eigenvalue weighted by Gasteiger charge is -2.26. The lowest BCUT2D eigenvalue weighted by Crippen LogP contribution is -2.44. The average Bonchev–Trinajstić information content (AvgIpc) is 2.85. The Hall–Kier alpha value is -3.36. The molecule has 2 rings (SSSR count). The number of nitrogens with zero attached hydrogens (tertiary/aromatic N) is 2. The van der Waals surface area contributed by atoms with E-state index in [9.17, 15) is 19.2 Å². The summed E-state index contributed by atoms with van der Waals surface area (Å²) >= 11 is 0. The number of anilines is 1. The summed E-state index contributed by atoms with van der Waals surface area (Å²) in [5.41, 5.74) is 1.22. The van der Waals surface area contributed by atoms with Gasteiger partial charge in [0, 0.05) is 19.6 Å². The van der Waals surface area contributed by atoms with Gasteiger partial charge in [0.2, 0.25) is 5.91 Å². The summed E-state index contributed by atoms with van der Waals surface area (Å²) in [5.74, 6) is -0.934. The predicted octanol–water partition coefficient (Wildman–Crippen LogP) is 3.77. The minimum Gasteiger partial charge on any atom is -0.466 e. The van der Waals surface area contributed by atoms with Gasteiger partial charge >= 0.3 is 12.1 Å². The van der Waals surface area contributed by atoms with Crippen molar-refractivity contribution in [1.29, 1.82) is 0 Å². The van der Waals surface area contributed by atoms with Crippen molar-refractivity contribution >= 4 is 35.6 Å². The van der Waals surface area contributed by atoms with Gasteiger partial charge in [-0.2, -0.15) is 0 Å². The molecule has 1 atom stereocenters. The monoisotopic (exact) mass is 487 g/mol. The normalized spacial score (nSPS) is 15.0. The minimum atomic E-state index is -0.530. The molecule has 1 aromatic rings. The van der Waals surface area contributed by atoms with Gasteiger partial charge in [-0.25, -0.2) is 4.79 Å². The summed E-state index contributed by atoms with van der Waals surface area (Å²) < 4.78 is 10.2. The van der Waals surface area contributed by atoms with Crippen LogP contribution in [-0.4, -0.2) is 67.2 Å². The van der Waals surface area contributed by atoms with Crippen LogP contribution in [0.25, 0.3) is 6.08 Å². The van der Waals surface area contributed by atoms with E-state index in [1.165, 1.54) is 9.80 Å². The highest BCUT2D eigenvalue weighted by molar-refractivity contribution is 6.09. The zero-order valence-electron chi connectivity index (χ0n) is 21.6. The van der Waals surface area contributed by atoms with Crippen LogP contribution in [0, 0.1) is 0 Å². The summed E-state index contributed by atoms with van der Waals surface area (Å²) in [5, 5.41) is 2.72. The molecule has 9 nitrogen and oxygen atoms in total. The van der Waals surface area contributed by atoms with Crippen molar-refractivity contribution in [2.75, 3.05) is 31.6 Å². The Bertz CT molecular complexity index is 966. The van der Waals surface area contributed by atoms with E-state index in [1.807, 2.05) is 39.0 Å². The first kappa shape index (κ1) is 27.9. The number of amides is 3. The predicted molar refractivity (Wildman–Crippen MR) is 134 cm³/mol. The van der Waals surface area contributed by atoms with E-state index in [0.29, 0.717) is 17.8 Å². The number of nitrogens with one attached hydrogen (secondary N) is 1. The number of carbonyl (C=O) groups is 4. The van der Waals surface area contributed by atoms with Crippen LogP contribution in [0.5, 0.6) is 0 Å². The van der Waals surface area contributed by atoms with Crippen molar-refractivity contribution in [1.82, 2.24) is 10.2 Å². The molecule has 1 aliphatic rings. The molecule has 35 heavy (non-hydrogen) atoms. The van der Waals surface area contributed by atoms with Gasteiger partial charge < -0.3 is 24.6 Å². The molecular formula is C26H37N3O6. The molecule has 0 fully saturated rings. The molecule has 1 heterocycles. The van der Waals surface area contributed by atoms with Crippen molar-refractivity contribution in [2.45, 2.75) is 65.5 Å². The maximum atomic E-state index is 13.4. The van der Waals surface area contributed by atoms with Crippen LogP contribution in [0.1, 0.15) is 69.8 Å². The fourth-order valence-corrected chi connectivity index (χ4v) is 3.61. The number of benzene rings is 1. The van der Waals surface area contributed by atoms with Crippen LogP contribution in [0.15, 0.2) is 24.3 Å². The van der Waals surface area contributed by atoms with Crippen molar-refractivity contribution in [3.63, 3.8) is 0 Å². The molecule has 9 heteroatoms. The SMILES string of the molecule is CCOC(=O)CC(C)N1CC(=O)N(C)c2ccc(C=CCCCNC(=O)OC(C)(C)C)cc2C1=O. The summed E-state index contributed by atoms with van der Waals surface area (Å²) in [6, 6.07) is 4.88.